The Kier molecular flexibility index (Phi) is 5.29. The summed E-state index contributed by atoms with van der Waals surface area (Å²) >= 11 is 3.30. The van der Waals surface area contributed by atoms with Crippen molar-refractivity contribution in [3.8, 4) is 0 Å². The minimum absolute atomic E-state index is 0.0576. The molecule has 0 spiro atoms. The van der Waals surface area contributed by atoms with Gasteiger partial charge >= 0.3 is 0 Å². The number of benzene rings is 1. The molecular formula is C14H22BrN3O2S. The van der Waals surface area contributed by atoms with Crippen molar-refractivity contribution in [2.45, 2.75) is 30.7 Å². The van der Waals surface area contributed by atoms with E-state index in [1.807, 2.05) is 0 Å². The Balaban J connectivity index is 2.19. The van der Waals surface area contributed by atoms with Crippen LogP contribution in [-0.2, 0) is 10.0 Å². The van der Waals surface area contributed by atoms with E-state index >= 15 is 0 Å². The average Bonchev–Trinajstić information content (AvgIpc) is 2.46. The van der Waals surface area contributed by atoms with Gasteiger partial charge in [0.25, 0.3) is 0 Å². The predicted octanol–water partition coefficient (Wildman–Crippen LogP) is 2.14. The number of hydrogen-bond donors (Lipinski definition) is 1. The van der Waals surface area contributed by atoms with Gasteiger partial charge in [-0.2, -0.15) is 4.31 Å². The van der Waals surface area contributed by atoms with Crippen molar-refractivity contribution < 1.29 is 8.42 Å². The summed E-state index contributed by atoms with van der Waals surface area (Å²) in [5.41, 5.74) is 6.22. The molecule has 1 aliphatic heterocycles. The number of piperidine rings is 1. The smallest absolute Gasteiger partial charge is 0.244 e. The van der Waals surface area contributed by atoms with Crippen molar-refractivity contribution in [2.75, 3.05) is 32.4 Å². The molecule has 5 nitrogen and oxygen atoms in total. The fraction of sp³-hybridized carbons (Fsp3) is 0.571. The Hall–Kier alpha value is -0.630. The largest absolute Gasteiger partial charge is 0.399 e. The van der Waals surface area contributed by atoms with E-state index in [9.17, 15) is 8.42 Å². The van der Waals surface area contributed by atoms with Crippen molar-refractivity contribution >= 4 is 31.6 Å². The zero-order chi connectivity index (χ0) is 15.6. The molecule has 7 heteroatoms. The first-order chi connectivity index (χ1) is 9.86. The molecule has 1 aromatic rings. The van der Waals surface area contributed by atoms with E-state index < -0.39 is 10.0 Å². The first-order valence-electron chi connectivity index (χ1n) is 7.11. The summed E-state index contributed by atoms with van der Waals surface area (Å²) in [5, 5.41) is 0. The van der Waals surface area contributed by atoms with Gasteiger partial charge in [-0.3, -0.25) is 0 Å². The van der Waals surface area contributed by atoms with Crippen LogP contribution in [0.5, 0.6) is 0 Å². The summed E-state index contributed by atoms with van der Waals surface area (Å²) in [4.78, 5) is 2.62. The summed E-state index contributed by atoms with van der Waals surface area (Å²) in [6.45, 7) is 5.05. The zero-order valence-corrected chi connectivity index (χ0v) is 14.8. The van der Waals surface area contributed by atoms with E-state index in [2.05, 4.69) is 27.8 Å². The highest BCUT2D eigenvalue weighted by atomic mass is 79.9. The number of likely N-dealkylation sites (tertiary alicyclic amines) is 1. The highest BCUT2D eigenvalue weighted by Gasteiger charge is 2.31. The highest BCUT2D eigenvalue weighted by Crippen LogP contribution is 2.29. The Labute approximate surface area is 135 Å². The second-order valence-corrected chi connectivity index (χ2v) is 8.20. The van der Waals surface area contributed by atoms with Gasteiger partial charge < -0.3 is 10.6 Å². The molecule has 1 heterocycles. The van der Waals surface area contributed by atoms with Gasteiger partial charge in [0.05, 0.1) is 4.90 Å². The molecule has 1 saturated heterocycles. The molecule has 0 amide bonds. The van der Waals surface area contributed by atoms with Crippen molar-refractivity contribution in [3.63, 3.8) is 0 Å². The van der Waals surface area contributed by atoms with Crippen LogP contribution in [0.15, 0.2) is 27.6 Å². The molecule has 0 unspecified atom stereocenters. The van der Waals surface area contributed by atoms with Gasteiger partial charge in [-0.1, -0.05) is 6.92 Å². The Bertz CT molecular complexity index is 598. The molecule has 1 aromatic carbocycles. The van der Waals surface area contributed by atoms with Crippen LogP contribution in [0.2, 0.25) is 0 Å². The Morgan fingerprint density at radius 2 is 2.00 bits per heavy atom. The number of nitrogens with two attached hydrogens (primary N) is 1. The van der Waals surface area contributed by atoms with Crippen LogP contribution in [0, 0.1) is 0 Å². The molecule has 0 radical (unpaired) electrons. The zero-order valence-electron chi connectivity index (χ0n) is 12.4. The van der Waals surface area contributed by atoms with E-state index in [1.54, 1.807) is 25.2 Å². The third-order valence-electron chi connectivity index (χ3n) is 4.13. The quantitative estimate of drug-likeness (QED) is 0.818. The molecule has 2 N–H and O–H groups in total. The fourth-order valence-electron chi connectivity index (χ4n) is 2.68. The van der Waals surface area contributed by atoms with Gasteiger partial charge in [0, 0.05) is 23.2 Å². The van der Waals surface area contributed by atoms with Gasteiger partial charge in [0.2, 0.25) is 10.0 Å². The summed E-state index contributed by atoms with van der Waals surface area (Å²) in [6, 6.07) is 4.86. The maximum Gasteiger partial charge on any atom is 0.244 e. The van der Waals surface area contributed by atoms with Gasteiger partial charge in [0.15, 0.2) is 0 Å². The lowest BCUT2D eigenvalue weighted by Crippen LogP contribution is -2.45. The van der Waals surface area contributed by atoms with Crippen molar-refractivity contribution in [1.29, 1.82) is 0 Å². The summed E-state index contributed by atoms with van der Waals surface area (Å²) in [6.07, 6.45) is 1.74. The second-order valence-electron chi connectivity index (χ2n) is 5.38. The first kappa shape index (κ1) is 16.7. The van der Waals surface area contributed by atoms with Crippen LogP contribution in [-0.4, -0.2) is 50.3 Å². The van der Waals surface area contributed by atoms with Crippen molar-refractivity contribution in [3.05, 3.63) is 22.7 Å². The molecule has 2 rings (SSSR count). The second kappa shape index (κ2) is 6.64. The molecule has 21 heavy (non-hydrogen) atoms. The minimum Gasteiger partial charge on any atom is -0.399 e. The van der Waals surface area contributed by atoms with E-state index in [-0.39, 0.29) is 10.9 Å². The molecule has 0 bridgehead atoms. The molecule has 0 saturated carbocycles. The number of nitrogen functional groups attached to an aromatic ring is 1. The third kappa shape index (κ3) is 3.59. The van der Waals surface area contributed by atoms with Gasteiger partial charge in [0.1, 0.15) is 0 Å². The maximum atomic E-state index is 12.8. The number of sulfonamides is 1. The molecule has 0 atom stereocenters. The normalized spacial score (nSPS) is 18.3. The summed E-state index contributed by atoms with van der Waals surface area (Å²) < 4.78 is 27.5. The van der Waals surface area contributed by atoms with Gasteiger partial charge in [-0.15, -0.1) is 0 Å². The van der Waals surface area contributed by atoms with E-state index in [4.69, 9.17) is 5.73 Å². The first-order valence-corrected chi connectivity index (χ1v) is 9.35. The van der Waals surface area contributed by atoms with E-state index in [1.165, 1.54) is 4.31 Å². The predicted molar refractivity (Wildman–Crippen MR) is 88.6 cm³/mol. The van der Waals surface area contributed by atoms with Gasteiger partial charge in [-0.05, 0) is 66.6 Å². The van der Waals surface area contributed by atoms with Crippen molar-refractivity contribution in [2.24, 2.45) is 0 Å². The van der Waals surface area contributed by atoms with E-state index in [0.29, 0.717) is 10.2 Å². The number of rotatable bonds is 4. The van der Waals surface area contributed by atoms with Crippen LogP contribution < -0.4 is 5.73 Å². The number of hydrogen-bond acceptors (Lipinski definition) is 4. The van der Waals surface area contributed by atoms with Crippen LogP contribution in [0.1, 0.15) is 19.8 Å². The minimum atomic E-state index is -3.50. The van der Waals surface area contributed by atoms with E-state index in [0.717, 1.165) is 32.5 Å². The monoisotopic (exact) mass is 375 g/mol. The van der Waals surface area contributed by atoms with Crippen LogP contribution in [0.25, 0.3) is 0 Å². The topological polar surface area (TPSA) is 66.6 Å². The lowest BCUT2D eigenvalue weighted by Gasteiger charge is -2.35. The number of anilines is 1. The molecule has 0 aliphatic carbocycles. The molecule has 1 fully saturated rings. The fourth-order valence-corrected chi connectivity index (χ4v) is 5.15. The summed E-state index contributed by atoms with van der Waals surface area (Å²) in [5.74, 6) is 0. The van der Waals surface area contributed by atoms with Crippen LogP contribution in [0.4, 0.5) is 5.69 Å². The van der Waals surface area contributed by atoms with Crippen LogP contribution >= 0.6 is 15.9 Å². The van der Waals surface area contributed by atoms with Crippen molar-refractivity contribution in [1.82, 2.24) is 9.21 Å². The lowest BCUT2D eigenvalue weighted by atomic mass is 10.1. The Morgan fingerprint density at radius 3 is 2.52 bits per heavy atom. The number of nitrogens with zero attached hydrogens (tertiary/aromatic N) is 2. The standard InChI is InChI=1S/C14H22BrN3O2S/c1-3-18-8-6-12(7-9-18)17(2)21(19,20)14-5-4-11(16)10-13(14)15/h4-5,10,12H,3,6-9,16H2,1-2H3. The van der Waals surface area contributed by atoms with Crippen LogP contribution in [0.3, 0.4) is 0 Å². The average molecular weight is 376 g/mol. The Morgan fingerprint density at radius 1 is 1.38 bits per heavy atom. The molecular weight excluding hydrogens is 354 g/mol. The molecule has 1 aliphatic rings. The maximum absolute atomic E-state index is 12.8. The number of halogens is 1. The SMILES string of the molecule is CCN1CCC(N(C)S(=O)(=O)c2ccc(N)cc2Br)CC1. The summed E-state index contributed by atoms with van der Waals surface area (Å²) in [7, 11) is -1.83. The highest BCUT2D eigenvalue weighted by molar-refractivity contribution is 9.10. The molecule has 118 valence electrons. The van der Waals surface area contributed by atoms with Gasteiger partial charge in [-0.25, -0.2) is 8.42 Å². The lowest BCUT2D eigenvalue weighted by molar-refractivity contribution is 0.176. The third-order valence-corrected chi connectivity index (χ3v) is 7.02. The molecule has 0 aromatic heterocycles.